The first-order valence-corrected chi connectivity index (χ1v) is 7.88. The highest BCUT2D eigenvalue weighted by Crippen LogP contribution is 2.26. The predicted molar refractivity (Wildman–Crippen MR) is 80.1 cm³/mol. The lowest BCUT2D eigenvalue weighted by Gasteiger charge is -2.31. The maximum atomic E-state index is 12.2. The average Bonchev–Trinajstić information content (AvgIpc) is 2.90. The lowest BCUT2D eigenvalue weighted by atomic mass is 9.97. The fourth-order valence-corrected chi connectivity index (χ4v) is 3.67. The van der Waals surface area contributed by atoms with E-state index in [1.165, 1.54) is 6.26 Å². The van der Waals surface area contributed by atoms with Crippen molar-refractivity contribution in [1.29, 1.82) is 0 Å². The fraction of sp³-hybridized carbons (Fsp3) is 0.400. The number of para-hydroxylation sites is 1. The van der Waals surface area contributed by atoms with Crippen molar-refractivity contribution >= 4 is 28.6 Å². The van der Waals surface area contributed by atoms with Crippen molar-refractivity contribution in [2.45, 2.75) is 18.4 Å². The zero-order chi connectivity index (χ0) is 14.0. The van der Waals surface area contributed by atoms with Gasteiger partial charge in [0.15, 0.2) is 0 Å². The summed E-state index contributed by atoms with van der Waals surface area (Å²) in [6, 6.07) is 7.44. The number of hydrogen-bond donors (Lipinski definition) is 2. The van der Waals surface area contributed by atoms with Crippen LogP contribution >= 0.6 is 11.8 Å². The Morgan fingerprint density at radius 1 is 1.35 bits per heavy atom. The Morgan fingerprint density at radius 3 is 2.90 bits per heavy atom. The molecule has 2 N–H and O–H groups in total. The third-order valence-corrected chi connectivity index (χ3v) is 4.71. The second-order valence-corrected chi connectivity index (χ2v) is 6.39. The molecular weight excluding hydrogens is 274 g/mol. The summed E-state index contributed by atoms with van der Waals surface area (Å²) in [5.74, 6) is 1.70. The number of carbonyl (C=O) groups is 1. The largest absolute Gasteiger partial charge is 0.463 e. The minimum absolute atomic E-state index is 0.193. The number of amides is 1. The topological polar surface area (TPSA) is 62.5 Å². The molecule has 3 rings (SSSR count). The number of hydrogen-bond acceptors (Lipinski definition) is 4. The number of furan rings is 1. The number of benzene rings is 1. The van der Waals surface area contributed by atoms with E-state index in [1.807, 2.05) is 36.0 Å². The Balaban J connectivity index is 1.70. The molecule has 0 aliphatic carbocycles. The van der Waals surface area contributed by atoms with Gasteiger partial charge in [-0.15, -0.1) is 0 Å². The molecule has 1 fully saturated rings. The standard InChI is InChI=1S/C15H17NO3S/c17-14(16-10-15(18)5-7-20-8-6-15)12-9-19-13-4-2-1-3-11(12)13/h1-4,9,18H,5-8,10H2,(H,16,17). The van der Waals surface area contributed by atoms with Crippen LogP contribution in [0.15, 0.2) is 34.9 Å². The van der Waals surface area contributed by atoms with Crippen molar-refractivity contribution in [3.05, 3.63) is 36.1 Å². The quantitative estimate of drug-likeness (QED) is 0.911. The Bertz CT molecular complexity index is 616. The molecule has 5 heteroatoms. The molecule has 0 atom stereocenters. The summed E-state index contributed by atoms with van der Waals surface area (Å²) in [6.45, 7) is 0.298. The number of thioether (sulfide) groups is 1. The number of rotatable bonds is 3. The van der Waals surface area contributed by atoms with Crippen LogP contribution in [-0.2, 0) is 0 Å². The Labute approximate surface area is 121 Å². The van der Waals surface area contributed by atoms with E-state index in [9.17, 15) is 9.90 Å². The van der Waals surface area contributed by atoms with E-state index >= 15 is 0 Å². The van der Waals surface area contributed by atoms with E-state index in [0.29, 0.717) is 17.7 Å². The van der Waals surface area contributed by atoms with E-state index in [2.05, 4.69) is 5.32 Å². The van der Waals surface area contributed by atoms with Gasteiger partial charge >= 0.3 is 0 Å². The van der Waals surface area contributed by atoms with E-state index in [1.54, 1.807) is 0 Å². The molecule has 0 saturated carbocycles. The maximum Gasteiger partial charge on any atom is 0.255 e. The second-order valence-electron chi connectivity index (χ2n) is 5.16. The number of carbonyl (C=O) groups excluding carboxylic acids is 1. The van der Waals surface area contributed by atoms with Gasteiger partial charge in [-0.25, -0.2) is 0 Å². The van der Waals surface area contributed by atoms with Gasteiger partial charge in [-0.3, -0.25) is 4.79 Å². The van der Waals surface area contributed by atoms with Gasteiger partial charge in [0.2, 0.25) is 0 Å². The molecule has 1 amide bonds. The Morgan fingerprint density at radius 2 is 2.10 bits per heavy atom. The number of fused-ring (bicyclic) bond motifs is 1. The van der Waals surface area contributed by atoms with Crippen molar-refractivity contribution < 1.29 is 14.3 Å². The maximum absolute atomic E-state index is 12.2. The van der Waals surface area contributed by atoms with Crippen LogP contribution in [0.25, 0.3) is 11.0 Å². The summed E-state index contributed by atoms with van der Waals surface area (Å²) in [5, 5.41) is 14.0. The van der Waals surface area contributed by atoms with Gasteiger partial charge in [0.05, 0.1) is 11.2 Å². The minimum atomic E-state index is -0.763. The second kappa shape index (κ2) is 5.50. The molecule has 1 aromatic carbocycles. The third-order valence-electron chi connectivity index (χ3n) is 3.73. The van der Waals surface area contributed by atoms with E-state index in [0.717, 1.165) is 29.7 Å². The predicted octanol–water partition coefficient (Wildman–Crippen LogP) is 2.42. The molecule has 1 saturated heterocycles. The van der Waals surface area contributed by atoms with E-state index < -0.39 is 5.60 Å². The molecule has 0 unspecified atom stereocenters. The molecule has 1 aliphatic rings. The smallest absolute Gasteiger partial charge is 0.255 e. The van der Waals surface area contributed by atoms with Crippen LogP contribution in [0, 0.1) is 0 Å². The number of nitrogens with one attached hydrogen (secondary N) is 1. The van der Waals surface area contributed by atoms with Crippen LogP contribution in [0.1, 0.15) is 23.2 Å². The molecule has 0 spiro atoms. The lowest BCUT2D eigenvalue weighted by molar-refractivity contribution is 0.0311. The van der Waals surface area contributed by atoms with Gasteiger partial charge in [-0.05, 0) is 30.4 Å². The van der Waals surface area contributed by atoms with Gasteiger partial charge in [0.1, 0.15) is 11.8 Å². The van der Waals surface area contributed by atoms with Crippen molar-refractivity contribution in [3.63, 3.8) is 0 Å². The van der Waals surface area contributed by atoms with Gasteiger partial charge in [0.25, 0.3) is 5.91 Å². The van der Waals surface area contributed by atoms with Crippen LogP contribution in [0.4, 0.5) is 0 Å². The van der Waals surface area contributed by atoms with Crippen LogP contribution in [0.5, 0.6) is 0 Å². The molecular formula is C15H17NO3S. The van der Waals surface area contributed by atoms with Gasteiger partial charge in [0, 0.05) is 11.9 Å². The van der Waals surface area contributed by atoms with Crippen molar-refractivity contribution in [2.75, 3.05) is 18.1 Å². The van der Waals surface area contributed by atoms with Crippen molar-refractivity contribution in [1.82, 2.24) is 5.32 Å². The summed E-state index contributed by atoms with van der Waals surface area (Å²) in [5.41, 5.74) is 0.459. The van der Waals surface area contributed by atoms with Crippen LogP contribution < -0.4 is 5.32 Å². The molecule has 106 valence electrons. The molecule has 0 radical (unpaired) electrons. The van der Waals surface area contributed by atoms with Crippen LogP contribution in [0.2, 0.25) is 0 Å². The first kappa shape index (κ1) is 13.5. The highest BCUT2D eigenvalue weighted by Gasteiger charge is 2.30. The molecule has 1 aromatic heterocycles. The summed E-state index contributed by atoms with van der Waals surface area (Å²) in [6.07, 6.45) is 2.93. The zero-order valence-electron chi connectivity index (χ0n) is 11.1. The highest BCUT2D eigenvalue weighted by atomic mass is 32.2. The SMILES string of the molecule is O=C(NCC1(O)CCSCC1)c1coc2ccccc12. The summed E-state index contributed by atoms with van der Waals surface area (Å²) in [4.78, 5) is 12.2. The zero-order valence-corrected chi connectivity index (χ0v) is 11.9. The van der Waals surface area contributed by atoms with E-state index in [-0.39, 0.29) is 5.91 Å². The molecule has 20 heavy (non-hydrogen) atoms. The summed E-state index contributed by atoms with van der Waals surface area (Å²) in [7, 11) is 0. The molecule has 4 nitrogen and oxygen atoms in total. The lowest BCUT2D eigenvalue weighted by Crippen LogP contribution is -2.45. The minimum Gasteiger partial charge on any atom is -0.463 e. The van der Waals surface area contributed by atoms with Gasteiger partial charge in [-0.2, -0.15) is 11.8 Å². The van der Waals surface area contributed by atoms with Crippen LogP contribution in [0.3, 0.4) is 0 Å². The Hall–Kier alpha value is -1.46. The van der Waals surface area contributed by atoms with E-state index in [4.69, 9.17) is 4.42 Å². The normalized spacial score (nSPS) is 18.1. The van der Waals surface area contributed by atoms with Crippen molar-refractivity contribution in [3.8, 4) is 0 Å². The molecule has 0 bridgehead atoms. The van der Waals surface area contributed by atoms with Crippen LogP contribution in [-0.4, -0.2) is 34.7 Å². The first-order chi connectivity index (χ1) is 9.68. The number of aliphatic hydroxyl groups is 1. The molecule has 2 aromatic rings. The molecule has 2 heterocycles. The summed E-state index contributed by atoms with van der Waals surface area (Å²) >= 11 is 1.84. The Kier molecular flexibility index (Phi) is 3.72. The summed E-state index contributed by atoms with van der Waals surface area (Å²) < 4.78 is 5.36. The fourth-order valence-electron chi connectivity index (χ4n) is 2.42. The molecule has 1 aliphatic heterocycles. The first-order valence-electron chi connectivity index (χ1n) is 6.73. The monoisotopic (exact) mass is 291 g/mol. The third kappa shape index (κ3) is 2.69. The average molecular weight is 291 g/mol. The van der Waals surface area contributed by atoms with Gasteiger partial charge < -0.3 is 14.8 Å². The highest BCUT2D eigenvalue weighted by molar-refractivity contribution is 7.99. The van der Waals surface area contributed by atoms with Crippen molar-refractivity contribution in [2.24, 2.45) is 0 Å². The van der Waals surface area contributed by atoms with Gasteiger partial charge in [-0.1, -0.05) is 18.2 Å².